The van der Waals surface area contributed by atoms with E-state index in [4.69, 9.17) is 4.74 Å². The fraction of sp³-hybridized carbons (Fsp3) is 0.115. The van der Waals surface area contributed by atoms with Crippen molar-refractivity contribution in [3.8, 4) is 17.0 Å². The number of hydrogen-bond acceptors (Lipinski definition) is 6. The number of benzene rings is 3. The van der Waals surface area contributed by atoms with Gasteiger partial charge in [-0.2, -0.15) is 0 Å². The van der Waals surface area contributed by atoms with E-state index in [1.165, 1.54) is 38.4 Å². The van der Waals surface area contributed by atoms with Gasteiger partial charge in [0.15, 0.2) is 0 Å². The Morgan fingerprint density at radius 1 is 0.971 bits per heavy atom. The average molecular weight is 489 g/mol. The molecule has 1 heterocycles. The van der Waals surface area contributed by atoms with Gasteiger partial charge in [-0.05, 0) is 61.5 Å². The van der Waals surface area contributed by atoms with Gasteiger partial charge in [0.25, 0.3) is 15.9 Å². The summed E-state index contributed by atoms with van der Waals surface area (Å²) in [6.45, 7) is 1.81. The lowest BCUT2D eigenvalue weighted by atomic mass is 10.1. The van der Waals surface area contributed by atoms with Crippen LogP contribution in [0.2, 0.25) is 0 Å². The van der Waals surface area contributed by atoms with Gasteiger partial charge in [-0.1, -0.05) is 24.3 Å². The number of aryl methyl sites for hydroxylation is 1. The number of hydrogen-bond donors (Lipinski definition) is 1. The fourth-order valence-electron chi connectivity index (χ4n) is 3.53. The fourth-order valence-corrected chi connectivity index (χ4v) is 4.74. The first-order valence-corrected chi connectivity index (χ1v) is 12.2. The number of ether oxygens (including phenoxy) is 1. The number of anilines is 2. The Labute approximate surface area is 204 Å². The van der Waals surface area contributed by atoms with Crippen LogP contribution in [0.4, 0.5) is 11.4 Å². The Morgan fingerprint density at radius 2 is 1.71 bits per heavy atom. The monoisotopic (exact) mass is 488 g/mol. The van der Waals surface area contributed by atoms with Gasteiger partial charge >= 0.3 is 0 Å². The number of aromatic nitrogens is 2. The quantitative estimate of drug-likeness (QED) is 0.410. The molecule has 0 saturated carbocycles. The Hall–Kier alpha value is -4.24. The third kappa shape index (κ3) is 5.15. The summed E-state index contributed by atoms with van der Waals surface area (Å²) < 4.78 is 32.7. The maximum Gasteiger partial charge on any atom is 0.264 e. The lowest BCUT2D eigenvalue weighted by molar-refractivity contribution is 0.102. The van der Waals surface area contributed by atoms with Crippen molar-refractivity contribution in [3.63, 3.8) is 0 Å². The van der Waals surface area contributed by atoms with Crippen molar-refractivity contribution in [2.75, 3.05) is 23.8 Å². The summed E-state index contributed by atoms with van der Waals surface area (Å²) in [5.74, 6) is 0.736. The van der Waals surface area contributed by atoms with Crippen LogP contribution in [0.3, 0.4) is 0 Å². The molecular weight excluding hydrogens is 464 g/mol. The molecule has 0 aliphatic heterocycles. The molecule has 0 radical (unpaired) electrons. The zero-order valence-electron chi connectivity index (χ0n) is 19.5. The van der Waals surface area contributed by atoms with Gasteiger partial charge in [0.2, 0.25) is 0 Å². The molecule has 0 aliphatic rings. The summed E-state index contributed by atoms with van der Waals surface area (Å²) in [5, 5.41) is 2.85. The smallest absolute Gasteiger partial charge is 0.264 e. The Bertz CT molecular complexity index is 1470. The zero-order chi connectivity index (χ0) is 25.0. The highest BCUT2D eigenvalue weighted by molar-refractivity contribution is 7.92. The number of nitrogens with zero attached hydrogens (tertiary/aromatic N) is 3. The van der Waals surface area contributed by atoms with E-state index in [-0.39, 0.29) is 10.8 Å². The molecular formula is C26H24N4O4S. The molecule has 8 nitrogen and oxygen atoms in total. The molecule has 0 unspecified atom stereocenters. The third-order valence-corrected chi connectivity index (χ3v) is 7.18. The molecule has 3 aromatic carbocycles. The summed E-state index contributed by atoms with van der Waals surface area (Å²) in [4.78, 5) is 21.4. The largest absolute Gasteiger partial charge is 0.495 e. The van der Waals surface area contributed by atoms with Crippen LogP contribution in [0.5, 0.6) is 5.75 Å². The number of para-hydroxylation sites is 2. The van der Waals surface area contributed by atoms with Gasteiger partial charge in [-0.15, -0.1) is 0 Å². The maximum atomic E-state index is 13.1. The van der Waals surface area contributed by atoms with E-state index in [9.17, 15) is 13.2 Å². The number of carbonyl (C=O) groups excluding carboxylic acids is 1. The van der Waals surface area contributed by atoms with Crippen molar-refractivity contribution in [1.29, 1.82) is 0 Å². The summed E-state index contributed by atoms with van der Waals surface area (Å²) in [5.41, 5.74) is 2.93. The van der Waals surface area contributed by atoms with Gasteiger partial charge in [0, 0.05) is 30.1 Å². The van der Waals surface area contributed by atoms with Crippen molar-refractivity contribution >= 4 is 27.3 Å². The lowest BCUT2D eigenvalue weighted by Gasteiger charge is -2.21. The summed E-state index contributed by atoms with van der Waals surface area (Å²) >= 11 is 0. The van der Waals surface area contributed by atoms with Gasteiger partial charge in [0.1, 0.15) is 11.6 Å². The van der Waals surface area contributed by atoms with Crippen LogP contribution in [0.1, 0.15) is 16.2 Å². The van der Waals surface area contributed by atoms with Crippen LogP contribution in [0.25, 0.3) is 11.3 Å². The van der Waals surface area contributed by atoms with Crippen molar-refractivity contribution < 1.29 is 17.9 Å². The van der Waals surface area contributed by atoms with E-state index in [2.05, 4.69) is 15.3 Å². The second-order valence-corrected chi connectivity index (χ2v) is 9.66. The average Bonchev–Trinajstić information content (AvgIpc) is 2.88. The van der Waals surface area contributed by atoms with Crippen LogP contribution in [-0.2, 0) is 10.0 Å². The first-order valence-electron chi connectivity index (χ1n) is 10.7. The highest BCUT2D eigenvalue weighted by atomic mass is 32.2. The molecule has 4 rings (SSSR count). The van der Waals surface area contributed by atoms with Gasteiger partial charge < -0.3 is 10.1 Å². The summed E-state index contributed by atoms with van der Waals surface area (Å²) in [7, 11) is -0.915. The standard InChI is InChI=1S/C26H24N4O4S/c1-18-27-16-15-23(28-18)20-7-6-8-21(17-20)29-26(31)19-11-13-22(14-12-19)35(32,33)30(2)24-9-4-5-10-25(24)34-3/h4-17H,1-3H3,(H,29,31). The predicted molar refractivity (Wildman–Crippen MR) is 135 cm³/mol. The van der Waals surface area contributed by atoms with Crippen molar-refractivity contribution in [1.82, 2.24) is 9.97 Å². The topological polar surface area (TPSA) is 101 Å². The van der Waals surface area contributed by atoms with Crippen LogP contribution >= 0.6 is 0 Å². The van der Waals surface area contributed by atoms with Crippen LogP contribution < -0.4 is 14.4 Å². The van der Waals surface area contributed by atoms with Crippen molar-refractivity contribution in [3.05, 3.63) is 96.4 Å². The third-order valence-electron chi connectivity index (χ3n) is 5.39. The van der Waals surface area contributed by atoms with Crippen molar-refractivity contribution in [2.45, 2.75) is 11.8 Å². The number of methoxy groups -OCH3 is 1. The second-order valence-electron chi connectivity index (χ2n) is 7.69. The summed E-state index contributed by atoms with van der Waals surface area (Å²) in [6.07, 6.45) is 1.68. The molecule has 4 aromatic rings. The molecule has 0 bridgehead atoms. The van der Waals surface area contributed by atoms with Crippen LogP contribution in [-0.4, -0.2) is 38.5 Å². The van der Waals surface area contributed by atoms with Crippen LogP contribution in [0, 0.1) is 6.92 Å². The zero-order valence-corrected chi connectivity index (χ0v) is 20.3. The maximum absolute atomic E-state index is 13.1. The minimum Gasteiger partial charge on any atom is -0.495 e. The number of amides is 1. The number of carbonyl (C=O) groups is 1. The number of sulfonamides is 1. The van der Waals surface area contributed by atoms with E-state index >= 15 is 0 Å². The van der Waals surface area contributed by atoms with Crippen molar-refractivity contribution in [2.24, 2.45) is 0 Å². The molecule has 178 valence electrons. The van der Waals surface area contributed by atoms with E-state index < -0.39 is 10.0 Å². The van der Waals surface area contributed by atoms with E-state index in [0.717, 1.165) is 15.6 Å². The summed E-state index contributed by atoms with van der Waals surface area (Å²) in [6, 6.07) is 21.8. The molecule has 1 aromatic heterocycles. The number of nitrogens with one attached hydrogen (secondary N) is 1. The van der Waals surface area contributed by atoms with Gasteiger partial charge in [0.05, 0.1) is 23.4 Å². The Kier molecular flexibility index (Phi) is 6.79. The molecule has 0 aliphatic carbocycles. The highest BCUT2D eigenvalue weighted by Crippen LogP contribution is 2.31. The van der Waals surface area contributed by atoms with E-state index in [1.54, 1.807) is 42.6 Å². The molecule has 0 atom stereocenters. The minimum atomic E-state index is -3.86. The molecule has 35 heavy (non-hydrogen) atoms. The predicted octanol–water partition coefficient (Wildman–Crippen LogP) is 4.54. The lowest BCUT2D eigenvalue weighted by Crippen LogP contribution is -2.27. The minimum absolute atomic E-state index is 0.0589. The molecule has 1 amide bonds. The molecule has 0 fully saturated rings. The SMILES string of the molecule is COc1ccccc1N(C)S(=O)(=O)c1ccc(C(=O)Nc2cccc(-c3ccnc(C)n3)c2)cc1. The molecule has 0 saturated heterocycles. The Morgan fingerprint density at radius 3 is 2.43 bits per heavy atom. The van der Waals surface area contributed by atoms with Gasteiger partial charge in [-0.3, -0.25) is 9.10 Å². The number of rotatable bonds is 7. The van der Waals surface area contributed by atoms with Gasteiger partial charge in [-0.25, -0.2) is 18.4 Å². The molecule has 9 heteroatoms. The van der Waals surface area contributed by atoms with E-state index in [0.29, 0.717) is 28.5 Å². The normalized spacial score (nSPS) is 11.1. The first kappa shape index (κ1) is 23.9. The molecule has 0 spiro atoms. The van der Waals surface area contributed by atoms with Crippen LogP contribution in [0.15, 0.2) is 90.0 Å². The van der Waals surface area contributed by atoms with E-state index in [1.807, 2.05) is 25.1 Å². The Balaban J connectivity index is 1.52. The molecule has 1 N–H and O–H groups in total. The highest BCUT2D eigenvalue weighted by Gasteiger charge is 2.24. The first-order chi connectivity index (χ1) is 16.8. The second kappa shape index (κ2) is 9.94.